The van der Waals surface area contributed by atoms with E-state index in [1.165, 1.54) is 11.3 Å². The molecule has 1 atom stereocenters. The van der Waals surface area contributed by atoms with E-state index in [1.54, 1.807) is 23.7 Å². The molecule has 1 N–H and O–H groups in total. The van der Waals surface area contributed by atoms with Crippen molar-refractivity contribution in [3.63, 3.8) is 0 Å². The molecule has 1 unspecified atom stereocenters. The summed E-state index contributed by atoms with van der Waals surface area (Å²) in [6.45, 7) is 4.71. The van der Waals surface area contributed by atoms with Crippen molar-refractivity contribution in [1.82, 2.24) is 10.3 Å². The van der Waals surface area contributed by atoms with Crippen LogP contribution in [0.15, 0.2) is 59.4 Å². The smallest absolute Gasteiger partial charge is 0.251 e. The van der Waals surface area contributed by atoms with Crippen LogP contribution in [0, 0.1) is 6.92 Å². The zero-order valence-corrected chi connectivity index (χ0v) is 16.2. The minimum absolute atomic E-state index is 0.127. The predicted molar refractivity (Wildman–Crippen MR) is 106 cm³/mol. The van der Waals surface area contributed by atoms with Gasteiger partial charge in [0.05, 0.1) is 17.2 Å². The summed E-state index contributed by atoms with van der Waals surface area (Å²) in [6, 6.07) is 14.8. The van der Waals surface area contributed by atoms with Crippen molar-refractivity contribution < 1.29 is 14.3 Å². The Hall–Kier alpha value is -2.86. The number of ether oxygens (including phenoxy) is 2. The molecule has 2 aromatic carbocycles. The van der Waals surface area contributed by atoms with Crippen molar-refractivity contribution >= 4 is 17.2 Å². The zero-order valence-electron chi connectivity index (χ0n) is 15.3. The predicted octanol–water partition coefficient (Wildman–Crippen LogP) is 4.23. The van der Waals surface area contributed by atoms with E-state index in [0.29, 0.717) is 24.5 Å². The number of aromatic nitrogens is 1. The molecule has 140 valence electrons. The molecular weight excluding hydrogens is 360 g/mol. The van der Waals surface area contributed by atoms with Gasteiger partial charge in [-0.25, -0.2) is 4.98 Å². The van der Waals surface area contributed by atoms with Gasteiger partial charge in [0.2, 0.25) is 0 Å². The summed E-state index contributed by atoms with van der Waals surface area (Å²) in [5.41, 5.74) is 4.33. The number of nitrogens with one attached hydrogen (secondary N) is 1. The van der Waals surface area contributed by atoms with Crippen LogP contribution in [-0.4, -0.2) is 23.5 Å². The van der Waals surface area contributed by atoms with E-state index in [-0.39, 0.29) is 11.9 Å². The van der Waals surface area contributed by atoms with Crippen LogP contribution in [0.4, 0.5) is 0 Å². The fourth-order valence-electron chi connectivity index (χ4n) is 2.47. The highest BCUT2D eigenvalue weighted by atomic mass is 32.1. The maximum absolute atomic E-state index is 12.5. The Morgan fingerprint density at radius 1 is 1.15 bits per heavy atom. The SMILES string of the molecule is Cc1cccc(OCC(C)NC(=O)c2cccc(OCc3cscn3)c2)c1. The monoisotopic (exact) mass is 382 g/mol. The first-order chi connectivity index (χ1) is 13.1. The first-order valence-corrected chi connectivity index (χ1v) is 9.64. The third-order valence-corrected chi connectivity index (χ3v) is 4.47. The minimum atomic E-state index is -0.158. The largest absolute Gasteiger partial charge is 0.491 e. The molecular formula is C21H22N2O3S. The van der Waals surface area contributed by atoms with Crippen LogP contribution in [0.3, 0.4) is 0 Å². The van der Waals surface area contributed by atoms with Gasteiger partial charge in [-0.1, -0.05) is 18.2 Å². The summed E-state index contributed by atoms with van der Waals surface area (Å²) in [4.78, 5) is 16.7. The number of carbonyl (C=O) groups is 1. The van der Waals surface area contributed by atoms with Crippen molar-refractivity contribution in [2.75, 3.05) is 6.61 Å². The summed E-state index contributed by atoms with van der Waals surface area (Å²) in [6.07, 6.45) is 0. The summed E-state index contributed by atoms with van der Waals surface area (Å²) in [5.74, 6) is 1.28. The Bertz CT molecular complexity index is 881. The molecule has 3 aromatic rings. The lowest BCUT2D eigenvalue weighted by Crippen LogP contribution is -2.36. The number of hydrogen-bond acceptors (Lipinski definition) is 5. The molecule has 0 bridgehead atoms. The van der Waals surface area contributed by atoms with Crippen molar-refractivity contribution in [1.29, 1.82) is 0 Å². The third-order valence-electron chi connectivity index (χ3n) is 3.83. The van der Waals surface area contributed by atoms with Crippen LogP contribution < -0.4 is 14.8 Å². The molecule has 0 spiro atoms. The number of hydrogen-bond donors (Lipinski definition) is 1. The second-order valence-electron chi connectivity index (χ2n) is 6.30. The Balaban J connectivity index is 1.51. The summed E-state index contributed by atoms with van der Waals surface area (Å²) < 4.78 is 11.4. The highest BCUT2D eigenvalue weighted by Crippen LogP contribution is 2.16. The van der Waals surface area contributed by atoms with E-state index in [2.05, 4.69) is 10.3 Å². The van der Waals surface area contributed by atoms with Crippen LogP contribution in [-0.2, 0) is 6.61 Å². The van der Waals surface area contributed by atoms with Crippen molar-refractivity contribution in [3.05, 3.63) is 76.2 Å². The highest BCUT2D eigenvalue weighted by Gasteiger charge is 2.11. The van der Waals surface area contributed by atoms with Crippen LogP contribution >= 0.6 is 11.3 Å². The van der Waals surface area contributed by atoms with E-state index in [1.807, 2.05) is 49.6 Å². The summed E-state index contributed by atoms with van der Waals surface area (Å²) >= 11 is 1.53. The molecule has 5 nitrogen and oxygen atoms in total. The quantitative estimate of drug-likeness (QED) is 0.633. The van der Waals surface area contributed by atoms with Gasteiger partial charge in [0.15, 0.2) is 0 Å². The van der Waals surface area contributed by atoms with Gasteiger partial charge < -0.3 is 14.8 Å². The Morgan fingerprint density at radius 3 is 2.67 bits per heavy atom. The number of nitrogens with zero attached hydrogens (tertiary/aromatic N) is 1. The van der Waals surface area contributed by atoms with Crippen molar-refractivity contribution in [2.45, 2.75) is 26.5 Å². The molecule has 1 heterocycles. The molecule has 3 rings (SSSR count). The minimum Gasteiger partial charge on any atom is -0.491 e. The molecule has 0 aliphatic carbocycles. The fraction of sp³-hybridized carbons (Fsp3) is 0.238. The van der Waals surface area contributed by atoms with Gasteiger partial charge in [-0.05, 0) is 49.7 Å². The molecule has 1 amide bonds. The molecule has 27 heavy (non-hydrogen) atoms. The maximum atomic E-state index is 12.5. The van der Waals surface area contributed by atoms with Gasteiger partial charge in [-0.3, -0.25) is 4.79 Å². The number of thiazole rings is 1. The molecule has 0 saturated carbocycles. The van der Waals surface area contributed by atoms with Crippen molar-refractivity contribution in [3.8, 4) is 11.5 Å². The van der Waals surface area contributed by atoms with Gasteiger partial charge in [-0.15, -0.1) is 11.3 Å². The number of amides is 1. The van der Waals surface area contributed by atoms with Crippen LogP contribution in [0.5, 0.6) is 11.5 Å². The first kappa shape index (κ1) is 18.9. The van der Waals surface area contributed by atoms with Crippen molar-refractivity contribution in [2.24, 2.45) is 0 Å². The molecule has 1 aromatic heterocycles. The molecule has 0 aliphatic heterocycles. The van der Waals surface area contributed by atoms with E-state index in [4.69, 9.17) is 9.47 Å². The average Bonchev–Trinajstić information content (AvgIpc) is 3.19. The third kappa shape index (κ3) is 5.82. The molecule has 0 aliphatic rings. The molecule has 0 radical (unpaired) electrons. The van der Waals surface area contributed by atoms with Gasteiger partial charge in [-0.2, -0.15) is 0 Å². The normalized spacial score (nSPS) is 11.6. The second kappa shape index (κ2) is 9.19. The standard InChI is InChI=1S/C21H22N2O3S/c1-15-5-3-7-19(9-15)25-11-16(2)23-21(24)17-6-4-8-20(10-17)26-12-18-13-27-14-22-18/h3-10,13-14,16H,11-12H2,1-2H3,(H,23,24). The molecule has 6 heteroatoms. The highest BCUT2D eigenvalue weighted by molar-refractivity contribution is 7.07. The Labute approximate surface area is 163 Å². The fourth-order valence-corrected chi connectivity index (χ4v) is 3.01. The first-order valence-electron chi connectivity index (χ1n) is 8.70. The zero-order chi connectivity index (χ0) is 19.1. The van der Waals surface area contributed by atoms with Gasteiger partial charge in [0.25, 0.3) is 5.91 Å². The maximum Gasteiger partial charge on any atom is 0.251 e. The van der Waals surface area contributed by atoms with Gasteiger partial charge >= 0.3 is 0 Å². The van der Waals surface area contributed by atoms with Crippen LogP contribution in [0.2, 0.25) is 0 Å². The lowest BCUT2D eigenvalue weighted by atomic mass is 10.2. The number of benzene rings is 2. The van der Waals surface area contributed by atoms with Gasteiger partial charge in [0, 0.05) is 10.9 Å². The van der Waals surface area contributed by atoms with E-state index in [9.17, 15) is 4.79 Å². The van der Waals surface area contributed by atoms with Crippen LogP contribution in [0.1, 0.15) is 28.5 Å². The van der Waals surface area contributed by atoms with E-state index >= 15 is 0 Å². The molecule has 0 saturated heterocycles. The van der Waals surface area contributed by atoms with Crippen LogP contribution in [0.25, 0.3) is 0 Å². The van der Waals surface area contributed by atoms with E-state index in [0.717, 1.165) is 17.0 Å². The molecule has 0 fully saturated rings. The van der Waals surface area contributed by atoms with Gasteiger partial charge in [0.1, 0.15) is 24.7 Å². The second-order valence-corrected chi connectivity index (χ2v) is 7.02. The Morgan fingerprint density at radius 2 is 1.93 bits per heavy atom. The number of carbonyl (C=O) groups excluding carboxylic acids is 1. The summed E-state index contributed by atoms with van der Waals surface area (Å²) in [5, 5.41) is 4.88. The number of aryl methyl sites for hydroxylation is 1. The average molecular weight is 382 g/mol. The lowest BCUT2D eigenvalue weighted by Gasteiger charge is -2.15. The topological polar surface area (TPSA) is 60.5 Å². The Kier molecular flexibility index (Phi) is 6.44. The van der Waals surface area contributed by atoms with E-state index < -0.39 is 0 Å². The number of rotatable bonds is 8. The lowest BCUT2D eigenvalue weighted by molar-refractivity contribution is 0.0926. The summed E-state index contributed by atoms with van der Waals surface area (Å²) in [7, 11) is 0.